The standard InChI is InChI=1S/C39H38F4N8O6/c1-57-32-19-30-24(16-31(32)44-35(53)23-3-2-4-25(15-23)39(41,42)43)21-49(46-30)26-7-5-22(6-8-26)20-47-11-13-48(14-12-47)27-17-28-34(29(40)18-27)37(55)51(36(28)54)50-10-9-33(52)45-38(50)56/h2-4,15-19,21-22,26H,5-14,20H2,1H3,(H,44,53)(H,45,52,56). The summed E-state index contributed by atoms with van der Waals surface area (Å²) in [4.78, 5) is 67.5. The van der Waals surface area contributed by atoms with Crippen molar-refractivity contribution in [3.63, 3.8) is 0 Å². The number of hydrogen-bond donors (Lipinski definition) is 2. The lowest BCUT2D eigenvalue weighted by atomic mass is 9.85. The Kier molecular flexibility index (Phi) is 9.83. The summed E-state index contributed by atoms with van der Waals surface area (Å²) in [6.07, 6.45) is 1.01. The van der Waals surface area contributed by atoms with Gasteiger partial charge < -0.3 is 15.0 Å². The molecule has 57 heavy (non-hydrogen) atoms. The third-order valence-corrected chi connectivity index (χ3v) is 11.2. The van der Waals surface area contributed by atoms with Crippen LogP contribution in [0.2, 0.25) is 0 Å². The maximum Gasteiger partial charge on any atom is 0.416 e. The van der Waals surface area contributed by atoms with E-state index in [0.717, 1.165) is 67.8 Å². The van der Waals surface area contributed by atoms with E-state index < -0.39 is 52.8 Å². The molecule has 298 valence electrons. The molecule has 0 atom stereocenters. The number of hydrogen-bond acceptors (Lipinski definition) is 9. The molecule has 4 aliphatic rings. The van der Waals surface area contributed by atoms with Crippen LogP contribution in [0, 0.1) is 11.7 Å². The first-order valence-corrected chi connectivity index (χ1v) is 18.6. The first-order chi connectivity index (χ1) is 27.3. The van der Waals surface area contributed by atoms with Gasteiger partial charge in [0.2, 0.25) is 5.91 Å². The number of urea groups is 1. The number of fused-ring (bicyclic) bond motifs is 2. The number of hydrazine groups is 1. The summed E-state index contributed by atoms with van der Waals surface area (Å²) in [5, 5.41) is 11.7. The monoisotopic (exact) mass is 790 g/mol. The molecule has 14 nitrogen and oxygen atoms in total. The maximum absolute atomic E-state index is 15.4. The van der Waals surface area contributed by atoms with Crippen molar-refractivity contribution in [2.45, 2.75) is 44.3 Å². The highest BCUT2D eigenvalue weighted by molar-refractivity contribution is 6.22. The van der Waals surface area contributed by atoms with Gasteiger partial charge in [0.15, 0.2) is 0 Å². The number of carbonyl (C=O) groups excluding carboxylic acids is 5. The molecule has 1 saturated carbocycles. The number of aromatic nitrogens is 2. The average molecular weight is 791 g/mol. The van der Waals surface area contributed by atoms with E-state index in [4.69, 9.17) is 9.84 Å². The Labute approximate surface area is 323 Å². The third-order valence-electron chi connectivity index (χ3n) is 11.2. The molecule has 2 saturated heterocycles. The number of alkyl halides is 3. The van der Waals surface area contributed by atoms with E-state index in [1.807, 2.05) is 15.8 Å². The molecule has 4 heterocycles. The van der Waals surface area contributed by atoms with Gasteiger partial charge in [0.1, 0.15) is 11.6 Å². The number of rotatable bonds is 8. The van der Waals surface area contributed by atoms with Gasteiger partial charge in [-0.3, -0.25) is 34.1 Å². The Morgan fingerprint density at radius 1 is 0.947 bits per heavy atom. The van der Waals surface area contributed by atoms with Gasteiger partial charge in [0.05, 0.1) is 47.6 Å². The summed E-state index contributed by atoms with van der Waals surface area (Å²) in [5.41, 5.74) is -0.111. The van der Waals surface area contributed by atoms with Crippen LogP contribution in [0.4, 0.5) is 33.7 Å². The Balaban J connectivity index is 0.853. The van der Waals surface area contributed by atoms with Crippen LogP contribution in [0.1, 0.15) is 74.8 Å². The van der Waals surface area contributed by atoms with E-state index >= 15 is 4.39 Å². The fourth-order valence-electron chi connectivity index (χ4n) is 8.14. The van der Waals surface area contributed by atoms with Crippen molar-refractivity contribution in [2.24, 2.45) is 5.92 Å². The van der Waals surface area contributed by atoms with Crippen LogP contribution in [-0.2, 0) is 11.0 Å². The van der Waals surface area contributed by atoms with Crippen molar-refractivity contribution < 1.29 is 46.3 Å². The van der Waals surface area contributed by atoms with Gasteiger partial charge in [0.25, 0.3) is 17.7 Å². The molecule has 1 aromatic heterocycles. The highest BCUT2D eigenvalue weighted by Crippen LogP contribution is 2.37. The van der Waals surface area contributed by atoms with Crippen LogP contribution >= 0.6 is 0 Å². The predicted molar refractivity (Wildman–Crippen MR) is 197 cm³/mol. The molecule has 0 radical (unpaired) electrons. The number of amides is 6. The molecule has 3 aliphatic heterocycles. The summed E-state index contributed by atoms with van der Waals surface area (Å²) in [6, 6.07) is 9.61. The Hall–Kier alpha value is -6.04. The summed E-state index contributed by atoms with van der Waals surface area (Å²) < 4.78 is 62.4. The SMILES string of the molecule is COc1cc2nn(C3CCC(CN4CCN(c5cc(F)c6c(c5)C(=O)N(N5CCC(=O)NC5=O)C6=O)CC4)CC3)cc2cc1NC(=O)c1cccc(C(F)(F)F)c1. The number of nitrogens with zero attached hydrogens (tertiary/aromatic N) is 6. The van der Waals surface area contributed by atoms with Gasteiger partial charge >= 0.3 is 12.2 Å². The van der Waals surface area contributed by atoms with Crippen LogP contribution in [0.15, 0.2) is 54.7 Å². The summed E-state index contributed by atoms with van der Waals surface area (Å²) in [5.74, 6) is -3.04. The number of ether oxygens (including phenoxy) is 1. The molecule has 6 amide bonds. The number of anilines is 2. The average Bonchev–Trinajstić information content (AvgIpc) is 3.72. The lowest BCUT2D eigenvalue weighted by molar-refractivity contribution is -0.137. The minimum Gasteiger partial charge on any atom is -0.494 e. The Bertz CT molecular complexity index is 2300. The highest BCUT2D eigenvalue weighted by atomic mass is 19.4. The Morgan fingerprint density at radius 2 is 1.70 bits per heavy atom. The van der Waals surface area contributed by atoms with Gasteiger partial charge in [-0.15, -0.1) is 0 Å². The quantitative estimate of drug-likeness (QED) is 0.175. The van der Waals surface area contributed by atoms with E-state index in [1.54, 1.807) is 12.1 Å². The minimum absolute atomic E-state index is 0.0957. The van der Waals surface area contributed by atoms with Crippen LogP contribution < -0.4 is 20.3 Å². The first-order valence-electron chi connectivity index (χ1n) is 18.6. The van der Waals surface area contributed by atoms with E-state index in [9.17, 15) is 37.1 Å². The van der Waals surface area contributed by atoms with E-state index in [-0.39, 0.29) is 30.1 Å². The van der Waals surface area contributed by atoms with Crippen molar-refractivity contribution in [2.75, 3.05) is 56.6 Å². The van der Waals surface area contributed by atoms with E-state index in [0.29, 0.717) is 46.7 Å². The zero-order valence-corrected chi connectivity index (χ0v) is 30.8. The van der Waals surface area contributed by atoms with Crippen molar-refractivity contribution >= 4 is 51.9 Å². The van der Waals surface area contributed by atoms with Crippen molar-refractivity contribution in [1.82, 2.24) is 30.0 Å². The van der Waals surface area contributed by atoms with Crippen LogP contribution in [-0.4, -0.2) is 101 Å². The normalized spacial score (nSPS) is 20.6. The lowest BCUT2D eigenvalue weighted by Gasteiger charge is -2.39. The summed E-state index contributed by atoms with van der Waals surface area (Å²) in [7, 11) is 1.44. The summed E-state index contributed by atoms with van der Waals surface area (Å²) in [6.45, 7) is 3.34. The first kappa shape index (κ1) is 37.9. The van der Waals surface area contributed by atoms with Crippen molar-refractivity contribution in [3.8, 4) is 5.75 Å². The molecule has 18 heteroatoms. The van der Waals surface area contributed by atoms with Crippen LogP contribution in [0.3, 0.4) is 0 Å². The number of piperazine rings is 1. The molecule has 1 aliphatic carbocycles. The molecule has 2 N–H and O–H groups in total. The second-order valence-electron chi connectivity index (χ2n) is 14.7. The van der Waals surface area contributed by atoms with E-state index in [1.165, 1.54) is 31.4 Å². The van der Waals surface area contributed by atoms with Crippen molar-refractivity contribution in [3.05, 3.63) is 82.8 Å². The van der Waals surface area contributed by atoms with Crippen molar-refractivity contribution in [1.29, 1.82) is 0 Å². The molecular formula is C39H38F4N8O6. The molecule has 3 aromatic carbocycles. The summed E-state index contributed by atoms with van der Waals surface area (Å²) >= 11 is 0. The zero-order chi connectivity index (χ0) is 40.2. The number of methoxy groups -OCH3 is 1. The van der Waals surface area contributed by atoms with E-state index in [2.05, 4.69) is 15.5 Å². The highest BCUT2D eigenvalue weighted by Gasteiger charge is 2.45. The fraction of sp³-hybridized carbons (Fsp3) is 0.385. The second-order valence-corrected chi connectivity index (χ2v) is 14.7. The maximum atomic E-state index is 15.4. The Morgan fingerprint density at radius 3 is 2.40 bits per heavy atom. The van der Waals surface area contributed by atoms with Crippen LogP contribution in [0.5, 0.6) is 5.75 Å². The minimum atomic E-state index is -4.58. The third kappa shape index (κ3) is 7.36. The molecule has 0 bridgehead atoms. The number of imide groups is 2. The topological polar surface area (TPSA) is 149 Å². The van der Waals surface area contributed by atoms with Gasteiger partial charge in [-0.2, -0.15) is 23.3 Å². The second kappa shape index (κ2) is 14.8. The molecular weight excluding hydrogens is 752 g/mol. The van der Waals surface area contributed by atoms with Gasteiger partial charge in [-0.1, -0.05) is 6.07 Å². The van der Waals surface area contributed by atoms with Gasteiger partial charge in [0, 0.05) is 68.0 Å². The largest absolute Gasteiger partial charge is 0.494 e. The van der Waals surface area contributed by atoms with Gasteiger partial charge in [-0.25, -0.2) is 14.2 Å². The number of carbonyl (C=O) groups is 5. The molecule has 4 aromatic rings. The number of nitrogens with one attached hydrogen (secondary N) is 2. The fourth-order valence-corrected chi connectivity index (χ4v) is 8.14. The predicted octanol–water partition coefficient (Wildman–Crippen LogP) is 5.46. The number of benzene rings is 3. The van der Waals surface area contributed by atoms with Crippen LogP contribution in [0.25, 0.3) is 10.9 Å². The van der Waals surface area contributed by atoms with Gasteiger partial charge in [-0.05, 0) is 68.0 Å². The molecule has 0 unspecified atom stereocenters. The lowest BCUT2D eigenvalue weighted by Crippen LogP contribution is -2.58. The number of halogens is 4. The molecule has 0 spiro atoms. The smallest absolute Gasteiger partial charge is 0.416 e. The molecule has 3 fully saturated rings. The zero-order valence-electron chi connectivity index (χ0n) is 30.8. The molecule has 8 rings (SSSR count).